The van der Waals surface area contributed by atoms with E-state index in [-0.39, 0.29) is 30.4 Å². The topological polar surface area (TPSA) is 95.5 Å². The number of aliphatic hydroxyl groups excluding tert-OH is 1. The molecule has 6 nitrogen and oxygen atoms in total. The lowest BCUT2D eigenvalue weighted by Gasteiger charge is -2.09. The SMILES string of the molecule is CNC(=O)CCNS(=O)(=O)c1ccc(C)cc1C#CCO. The zero-order valence-corrected chi connectivity index (χ0v) is 12.8. The maximum atomic E-state index is 12.2. The lowest BCUT2D eigenvalue weighted by atomic mass is 10.1. The van der Waals surface area contributed by atoms with Crippen LogP contribution in [0.15, 0.2) is 23.1 Å². The fourth-order valence-corrected chi connectivity index (χ4v) is 2.79. The second-order valence-electron chi connectivity index (χ2n) is 4.28. The normalized spacial score (nSPS) is 10.6. The number of aliphatic hydroxyl groups is 1. The zero-order valence-electron chi connectivity index (χ0n) is 11.9. The van der Waals surface area contributed by atoms with Crippen LogP contribution in [-0.4, -0.2) is 39.6 Å². The number of nitrogens with one attached hydrogen (secondary N) is 2. The first kappa shape index (κ1) is 17.2. The van der Waals surface area contributed by atoms with Crippen LogP contribution < -0.4 is 10.0 Å². The molecule has 0 fully saturated rings. The predicted molar refractivity (Wildman–Crippen MR) is 79.0 cm³/mol. The smallest absolute Gasteiger partial charge is 0.241 e. The molecule has 0 aliphatic heterocycles. The van der Waals surface area contributed by atoms with E-state index in [0.29, 0.717) is 5.56 Å². The van der Waals surface area contributed by atoms with Gasteiger partial charge in [-0.2, -0.15) is 0 Å². The van der Waals surface area contributed by atoms with E-state index in [1.54, 1.807) is 12.1 Å². The van der Waals surface area contributed by atoms with Crippen LogP contribution in [0.25, 0.3) is 0 Å². The van der Waals surface area contributed by atoms with E-state index in [0.717, 1.165) is 5.56 Å². The molecule has 0 saturated carbocycles. The molecule has 0 spiro atoms. The van der Waals surface area contributed by atoms with Gasteiger partial charge in [-0.1, -0.05) is 17.9 Å². The van der Waals surface area contributed by atoms with E-state index in [1.165, 1.54) is 13.1 Å². The van der Waals surface area contributed by atoms with Gasteiger partial charge in [0.05, 0.1) is 4.90 Å². The van der Waals surface area contributed by atoms with E-state index in [9.17, 15) is 13.2 Å². The molecule has 0 aliphatic carbocycles. The number of benzene rings is 1. The maximum absolute atomic E-state index is 12.2. The molecule has 0 atom stereocenters. The van der Waals surface area contributed by atoms with E-state index in [4.69, 9.17) is 5.11 Å². The summed E-state index contributed by atoms with van der Waals surface area (Å²) in [6.07, 6.45) is 0.0548. The van der Waals surface area contributed by atoms with Gasteiger partial charge in [-0.3, -0.25) is 4.79 Å². The molecule has 7 heteroatoms. The van der Waals surface area contributed by atoms with Crippen molar-refractivity contribution in [2.75, 3.05) is 20.2 Å². The van der Waals surface area contributed by atoms with Gasteiger partial charge in [0, 0.05) is 25.6 Å². The van der Waals surface area contributed by atoms with Crippen LogP contribution in [0.2, 0.25) is 0 Å². The molecule has 0 heterocycles. The molecule has 0 unspecified atom stereocenters. The van der Waals surface area contributed by atoms with E-state index >= 15 is 0 Å². The molecule has 114 valence electrons. The maximum Gasteiger partial charge on any atom is 0.241 e. The Kier molecular flexibility index (Phi) is 6.37. The van der Waals surface area contributed by atoms with E-state index in [2.05, 4.69) is 21.9 Å². The van der Waals surface area contributed by atoms with Crippen molar-refractivity contribution in [3.8, 4) is 11.8 Å². The quantitative estimate of drug-likeness (QED) is 0.654. The molecule has 1 aromatic carbocycles. The summed E-state index contributed by atoms with van der Waals surface area (Å²) in [7, 11) is -2.27. The second kappa shape index (κ2) is 7.78. The van der Waals surface area contributed by atoms with Crippen LogP contribution in [0.4, 0.5) is 0 Å². The fourth-order valence-electron chi connectivity index (χ4n) is 1.61. The fraction of sp³-hybridized carbons (Fsp3) is 0.357. The average molecular weight is 310 g/mol. The lowest BCUT2D eigenvalue weighted by Crippen LogP contribution is -2.29. The number of carbonyl (C=O) groups excluding carboxylic acids is 1. The van der Waals surface area contributed by atoms with Crippen molar-refractivity contribution in [3.63, 3.8) is 0 Å². The van der Waals surface area contributed by atoms with Crippen LogP contribution in [0, 0.1) is 18.8 Å². The molecule has 21 heavy (non-hydrogen) atoms. The molecular weight excluding hydrogens is 292 g/mol. The number of hydrogen-bond donors (Lipinski definition) is 3. The number of rotatable bonds is 5. The van der Waals surface area contributed by atoms with Gasteiger partial charge in [0.25, 0.3) is 0 Å². The summed E-state index contributed by atoms with van der Waals surface area (Å²) in [5, 5.41) is 11.2. The summed E-state index contributed by atoms with van der Waals surface area (Å²) in [5.74, 6) is 4.81. The van der Waals surface area contributed by atoms with Gasteiger partial charge in [0.15, 0.2) is 0 Å². The molecule has 0 saturated heterocycles. The standard InChI is InChI=1S/C14H18N2O4S/c1-11-5-6-13(12(10-11)4-3-9-17)21(19,20)16-8-7-14(18)15-2/h5-6,10,16-17H,7-9H2,1-2H3,(H,15,18). The Morgan fingerprint density at radius 1 is 1.38 bits per heavy atom. The first-order valence-corrected chi connectivity index (χ1v) is 7.79. The third-order valence-electron chi connectivity index (χ3n) is 2.65. The second-order valence-corrected chi connectivity index (χ2v) is 6.02. The molecule has 0 aliphatic rings. The highest BCUT2D eigenvalue weighted by atomic mass is 32.2. The van der Waals surface area contributed by atoms with Crippen molar-refractivity contribution in [1.29, 1.82) is 0 Å². The Balaban J connectivity index is 2.99. The molecule has 3 N–H and O–H groups in total. The van der Waals surface area contributed by atoms with Gasteiger partial charge in [0.1, 0.15) is 6.61 Å². The van der Waals surface area contributed by atoms with Gasteiger partial charge < -0.3 is 10.4 Å². The summed E-state index contributed by atoms with van der Waals surface area (Å²) in [5.41, 5.74) is 1.18. The monoisotopic (exact) mass is 310 g/mol. The number of hydrogen-bond acceptors (Lipinski definition) is 4. The molecule has 1 aromatic rings. The first-order valence-electron chi connectivity index (χ1n) is 6.31. The molecular formula is C14H18N2O4S. The molecule has 0 aromatic heterocycles. The minimum absolute atomic E-state index is 0.00273. The molecule has 0 radical (unpaired) electrons. The van der Waals surface area contributed by atoms with Crippen LogP contribution in [0.3, 0.4) is 0 Å². The predicted octanol–water partition coefficient (Wildman–Crippen LogP) is -0.247. The summed E-state index contributed by atoms with van der Waals surface area (Å²) in [4.78, 5) is 11.1. The van der Waals surface area contributed by atoms with Crippen molar-refractivity contribution in [2.45, 2.75) is 18.2 Å². The van der Waals surface area contributed by atoms with E-state index < -0.39 is 10.0 Å². The Bertz CT molecular complexity index is 672. The largest absolute Gasteiger partial charge is 0.384 e. The summed E-state index contributed by atoms with van der Waals surface area (Å²) >= 11 is 0. The van der Waals surface area contributed by atoms with Crippen LogP contribution >= 0.6 is 0 Å². The first-order chi connectivity index (χ1) is 9.90. The third kappa shape index (κ3) is 5.19. The van der Waals surface area contributed by atoms with E-state index in [1.807, 2.05) is 6.92 Å². The average Bonchev–Trinajstić information content (AvgIpc) is 2.44. The summed E-state index contributed by atoms with van der Waals surface area (Å²) in [6.45, 7) is 1.47. The minimum Gasteiger partial charge on any atom is -0.384 e. The van der Waals surface area contributed by atoms with Gasteiger partial charge >= 0.3 is 0 Å². The van der Waals surface area contributed by atoms with Crippen molar-refractivity contribution in [1.82, 2.24) is 10.0 Å². The van der Waals surface area contributed by atoms with Crippen LogP contribution in [-0.2, 0) is 14.8 Å². The number of aryl methyl sites for hydroxylation is 1. The van der Waals surface area contributed by atoms with Gasteiger partial charge in [-0.15, -0.1) is 0 Å². The highest BCUT2D eigenvalue weighted by Gasteiger charge is 2.17. The third-order valence-corrected chi connectivity index (χ3v) is 4.17. The molecule has 1 rings (SSSR count). The van der Waals surface area contributed by atoms with Crippen molar-refractivity contribution in [2.24, 2.45) is 0 Å². The number of sulfonamides is 1. The van der Waals surface area contributed by atoms with Gasteiger partial charge in [-0.05, 0) is 24.6 Å². The molecule has 0 bridgehead atoms. The van der Waals surface area contributed by atoms with Crippen molar-refractivity contribution < 1.29 is 18.3 Å². The van der Waals surface area contributed by atoms with Crippen LogP contribution in [0.5, 0.6) is 0 Å². The highest BCUT2D eigenvalue weighted by molar-refractivity contribution is 7.89. The van der Waals surface area contributed by atoms with Crippen molar-refractivity contribution in [3.05, 3.63) is 29.3 Å². The van der Waals surface area contributed by atoms with Gasteiger partial charge in [0.2, 0.25) is 15.9 Å². The summed E-state index contributed by atoms with van der Waals surface area (Å²) in [6, 6.07) is 4.76. The lowest BCUT2D eigenvalue weighted by molar-refractivity contribution is -0.120. The molecule has 1 amide bonds. The Hall–Kier alpha value is -1.88. The minimum atomic E-state index is -3.76. The van der Waals surface area contributed by atoms with Crippen LogP contribution in [0.1, 0.15) is 17.5 Å². The summed E-state index contributed by atoms with van der Waals surface area (Å²) < 4.78 is 26.8. The Labute approximate surface area is 124 Å². The van der Waals surface area contributed by atoms with Gasteiger partial charge in [-0.25, -0.2) is 13.1 Å². The Morgan fingerprint density at radius 2 is 2.10 bits per heavy atom. The number of amides is 1. The Morgan fingerprint density at radius 3 is 2.71 bits per heavy atom. The number of carbonyl (C=O) groups is 1. The van der Waals surface area contributed by atoms with Crippen molar-refractivity contribution >= 4 is 15.9 Å². The highest BCUT2D eigenvalue weighted by Crippen LogP contribution is 2.16. The zero-order chi connectivity index (χ0) is 15.9.